The normalized spacial score (nSPS) is 16.6. The molecule has 6 rings (SSSR count). The van der Waals surface area contributed by atoms with Gasteiger partial charge in [0.15, 0.2) is 16.7 Å². The summed E-state index contributed by atoms with van der Waals surface area (Å²) in [4.78, 5) is 20.9. The third kappa shape index (κ3) is 3.50. The molecular weight excluding hydrogens is 430 g/mol. The van der Waals surface area contributed by atoms with E-state index in [0.29, 0.717) is 28.2 Å². The summed E-state index contributed by atoms with van der Waals surface area (Å²) in [6.07, 6.45) is 5.79. The monoisotopic (exact) mass is 459 g/mol. The Balaban J connectivity index is 1.40. The molecule has 1 aliphatic carbocycles. The van der Waals surface area contributed by atoms with Crippen molar-refractivity contribution in [2.75, 3.05) is 23.3 Å². The number of aromatic nitrogens is 5. The van der Waals surface area contributed by atoms with E-state index in [-0.39, 0.29) is 11.9 Å². The first kappa shape index (κ1) is 21.1. The topological polar surface area (TPSA) is 102 Å². The third-order valence-electron chi connectivity index (χ3n) is 6.93. The summed E-state index contributed by atoms with van der Waals surface area (Å²) in [6, 6.07) is 6.00. The van der Waals surface area contributed by atoms with Crippen LogP contribution in [0.2, 0.25) is 0 Å². The van der Waals surface area contributed by atoms with Gasteiger partial charge >= 0.3 is 0 Å². The van der Waals surface area contributed by atoms with Gasteiger partial charge in [-0.3, -0.25) is 4.79 Å². The van der Waals surface area contributed by atoms with Crippen LogP contribution in [0.4, 0.5) is 11.4 Å². The second-order valence-electron chi connectivity index (χ2n) is 9.79. The molecule has 9 nitrogen and oxygen atoms in total. The average Bonchev–Trinajstić information content (AvgIpc) is 3.48. The van der Waals surface area contributed by atoms with E-state index in [1.807, 2.05) is 29.8 Å². The Morgan fingerprint density at radius 3 is 2.62 bits per heavy atom. The van der Waals surface area contributed by atoms with Crippen LogP contribution in [0.3, 0.4) is 0 Å². The Hall–Kier alpha value is -3.49. The first-order valence-electron chi connectivity index (χ1n) is 12.2. The Morgan fingerprint density at radius 2 is 1.88 bits per heavy atom. The zero-order chi connectivity index (χ0) is 23.4. The number of carbonyl (C=O) groups excluding carboxylic acids is 1. The van der Waals surface area contributed by atoms with Gasteiger partial charge < -0.3 is 10.2 Å². The number of nitrogens with one attached hydrogen (secondary N) is 1. The molecule has 2 aliphatic rings. The third-order valence-corrected chi connectivity index (χ3v) is 6.93. The molecular formula is C25H29N7O2. The van der Waals surface area contributed by atoms with Crippen molar-refractivity contribution in [1.82, 2.24) is 25.1 Å². The summed E-state index contributed by atoms with van der Waals surface area (Å²) in [6.45, 7) is 8.08. The molecule has 0 radical (unpaired) electrons. The molecule has 1 amide bonds. The van der Waals surface area contributed by atoms with Gasteiger partial charge in [-0.05, 0) is 81.4 Å². The van der Waals surface area contributed by atoms with Gasteiger partial charge in [-0.2, -0.15) is 5.10 Å². The molecule has 3 aromatic heterocycles. The van der Waals surface area contributed by atoms with Crippen molar-refractivity contribution in [3.05, 3.63) is 35.2 Å². The number of anilines is 2. The molecule has 9 heteroatoms. The van der Waals surface area contributed by atoms with Crippen LogP contribution < -0.4 is 10.2 Å². The van der Waals surface area contributed by atoms with E-state index in [1.165, 1.54) is 6.42 Å². The lowest BCUT2D eigenvalue weighted by Crippen LogP contribution is -2.29. The lowest BCUT2D eigenvalue weighted by Gasteiger charge is -2.28. The predicted molar refractivity (Wildman–Crippen MR) is 130 cm³/mol. The second kappa shape index (κ2) is 8.07. The molecule has 0 unspecified atom stereocenters. The van der Waals surface area contributed by atoms with Crippen LogP contribution in [0.25, 0.3) is 22.1 Å². The van der Waals surface area contributed by atoms with E-state index in [9.17, 15) is 4.79 Å². The number of benzene rings is 1. The summed E-state index contributed by atoms with van der Waals surface area (Å²) >= 11 is 0. The number of amides is 1. The second-order valence-corrected chi connectivity index (χ2v) is 9.79. The van der Waals surface area contributed by atoms with Crippen LogP contribution in [-0.2, 0) is 0 Å². The molecule has 4 aromatic rings. The van der Waals surface area contributed by atoms with E-state index < -0.39 is 0 Å². The molecule has 1 saturated carbocycles. The van der Waals surface area contributed by atoms with Crippen molar-refractivity contribution < 1.29 is 9.42 Å². The smallest absolute Gasteiger partial charge is 0.256 e. The van der Waals surface area contributed by atoms with Crippen LogP contribution in [0, 0.1) is 6.92 Å². The van der Waals surface area contributed by atoms with Crippen LogP contribution in [-0.4, -0.2) is 44.1 Å². The number of hydrogen-bond acceptors (Lipinski definition) is 7. The number of rotatable bonds is 5. The van der Waals surface area contributed by atoms with Gasteiger partial charge in [0.2, 0.25) is 0 Å². The fourth-order valence-corrected chi connectivity index (χ4v) is 4.99. The molecule has 34 heavy (non-hydrogen) atoms. The van der Waals surface area contributed by atoms with Crippen molar-refractivity contribution in [3.63, 3.8) is 0 Å². The number of nitrogens with zero attached hydrogens (tertiary/aromatic N) is 6. The molecule has 1 aromatic carbocycles. The van der Waals surface area contributed by atoms with E-state index >= 15 is 0 Å². The van der Waals surface area contributed by atoms with Gasteiger partial charge in [0, 0.05) is 30.7 Å². The van der Waals surface area contributed by atoms with Gasteiger partial charge in [0.1, 0.15) is 0 Å². The SMILES string of the molecule is Cc1nn(C(C)C)c2nc(C3CC3)cc(C(=O)Nc3ccc(N4CCCCC4)c4nonc34)c12. The number of fused-ring (bicyclic) bond motifs is 2. The van der Waals surface area contributed by atoms with Crippen LogP contribution in [0.5, 0.6) is 0 Å². The minimum Gasteiger partial charge on any atom is -0.370 e. The summed E-state index contributed by atoms with van der Waals surface area (Å²) < 4.78 is 7.02. The zero-order valence-corrected chi connectivity index (χ0v) is 19.8. The minimum absolute atomic E-state index is 0.150. The predicted octanol–water partition coefficient (Wildman–Crippen LogP) is 4.98. The van der Waals surface area contributed by atoms with Gasteiger partial charge in [0.25, 0.3) is 5.91 Å². The lowest BCUT2D eigenvalue weighted by atomic mass is 10.1. The van der Waals surface area contributed by atoms with E-state index in [4.69, 9.17) is 14.7 Å². The summed E-state index contributed by atoms with van der Waals surface area (Å²) in [5.41, 5.74) is 5.99. The molecule has 0 bridgehead atoms. The molecule has 0 atom stereocenters. The molecule has 4 heterocycles. The van der Waals surface area contributed by atoms with Crippen molar-refractivity contribution >= 4 is 39.3 Å². The molecule has 1 N–H and O–H groups in total. The van der Waals surface area contributed by atoms with Crippen molar-refractivity contribution in [1.29, 1.82) is 0 Å². The highest BCUT2D eigenvalue weighted by Gasteiger charge is 2.29. The number of carbonyl (C=O) groups is 1. The first-order valence-corrected chi connectivity index (χ1v) is 12.2. The lowest BCUT2D eigenvalue weighted by molar-refractivity contribution is 0.102. The van der Waals surface area contributed by atoms with E-state index in [2.05, 4.69) is 34.4 Å². The van der Waals surface area contributed by atoms with Crippen molar-refractivity contribution in [3.8, 4) is 0 Å². The van der Waals surface area contributed by atoms with E-state index in [0.717, 1.165) is 66.9 Å². The minimum atomic E-state index is -0.198. The van der Waals surface area contributed by atoms with Crippen LogP contribution >= 0.6 is 0 Å². The Morgan fingerprint density at radius 1 is 1.12 bits per heavy atom. The van der Waals surface area contributed by atoms with Crippen molar-refractivity contribution in [2.24, 2.45) is 0 Å². The largest absolute Gasteiger partial charge is 0.370 e. The van der Waals surface area contributed by atoms with Gasteiger partial charge in [0.05, 0.1) is 28.0 Å². The molecule has 2 fully saturated rings. The molecule has 0 spiro atoms. The summed E-state index contributed by atoms with van der Waals surface area (Å²) in [5, 5.41) is 16.9. The van der Waals surface area contributed by atoms with E-state index in [1.54, 1.807) is 0 Å². The van der Waals surface area contributed by atoms with Crippen LogP contribution in [0.15, 0.2) is 22.8 Å². The highest BCUT2D eigenvalue weighted by molar-refractivity contribution is 6.15. The standard InChI is InChI=1S/C25H29N7O2/c1-14(2)32-24-21(15(3)28-32)17(13-19(26-24)16-7-8-16)25(33)27-18-9-10-20(23-22(18)29-34-30-23)31-11-5-4-6-12-31/h9-10,13-14,16H,4-8,11-12H2,1-3H3,(H,27,33). The van der Waals surface area contributed by atoms with Gasteiger partial charge in [-0.15, -0.1) is 0 Å². The summed E-state index contributed by atoms with van der Waals surface area (Å²) in [5.74, 6) is 0.220. The first-order chi connectivity index (χ1) is 16.5. The highest BCUT2D eigenvalue weighted by atomic mass is 16.6. The van der Waals surface area contributed by atoms with Crippen LogP contribution in [0.1, 0.15) is 79.7 Å². The zero-order valence-electron chi connectivity index (χ0n) is 19.8. The Kier molecular flexibility index (Phi) is 5.00. The maximum Gasteiger partial charge on any atom is 0.256 e. The van der Waals surface area contributed by atoms with Gasteiger partial charge in [-0.1, -0.05) is 0 Å². The molecule has 1 aliphatic heterocycles. The Labute approximate surface area is 197 Å². The quantitative estimate of drug-likeness (QED) is 0.449. The van der Waals surface area contributed by atoms with Crippen molar-refractivity contribution in [2.45, 2.75) is 64.8 Å². The van der Waals surface area contributed by atoms with Gasteiger partial charge in [-0.25, -0.2) is 14.3 Å². The highest BCUT2D eigenvalue weighted by Crippen LogP contribution is 2.41. The number of pyridine rings is 1. The summed E-state index contributed by atoms with van der Waals surface area (Å²) in [7, 11) is 0. The fourth-order valence-electron chi connectivity index (χ4n) is 4.99. The number of aryl methyl sites for hydroxylation is 1. The Bertz CT molecular complexity index is 1390. The number of piperidine rings is 1. The molecule has 1 saturated heterocycles. The fraction of sp³-hybridized carbons (Fsp3) is 0.480. The maximum absolute atomic E-state index is 13.6. The maximum atomic E-state index is 13.6. The number of hydrogen-bond donors (Lipinski definition) is 1. The molecule has 176 valence electrons. The average molecular weight is 460 g/mol.